The number of benzene rings is 3. The molecule has 0 saturated heterocycles. The van der Waals surface area contributed by atoms with E-state index in [-0.39, 0.29) is 54.0 Å². The first-order chi connectivity index (χ1) is 28.5. The molecule has 5 aliphatic rings. The highest BCUT2D eigenvalue weighted by molar-refractivity contribution is 5.84. The van der Waals surface area contributed by atoms with Crippen molar-refractivity contribution in [2.45, 2.75) is 103 Å². The Morgan fingerprint density at radius 1 is 0.949 bits per heavy atom. The van der Waals surface area contributed by atoms with E-state index in [0.29, 0.717) is 59.3 Å². The second kappa shape index (κ2) is 17.1. The number of hydrogen-bond acceptors (Lipinski definition) is 8. The lowest BCUT2D eigenvalue weighted by atomic mass is 9.65. The molecule has 10 heteroatoms. The Morgan fingerprint density at radius 2 is 1.75 bits per heavy atom. The Kier molecular flexibility index (Phi) is 11.9. The summed E-state index contributed by atoms with van der Waals surface area (Å²) in [5, 5.41) is 44.4. The quantitative estimate of drug-likeness (QED) is 0.0605. The minimum Gasteiger partial charge on any atom is -0.508 e. The number of fused-ring (bicyclic) bond motifs is 7. The smallest absolute Gasteiger partial charge is 0.185 e. The molecule has 3 aromatic rings. The minimum atomic E-state index is -0.879. The number of aliphatic hydroxyl groups excluding tert-OH is 2. The molecular weight excluding hydrogens is 743 g/mol. The Morgan fingerprint density at radius 3 is 2.49 bits per heavy atom. The molecule has 3 aromatic carbocycles. The van der Waals surface area contributed by atoms with Gasteiger partial charge in [-0.2, -0.15) is 0 Å². The van der Waals surface area contributed by atoms with Gasteiger partial charge in [-0.25, -0.2) is 0 Å². The van der Waals surface area contributed by atoms with E-state index in [0.717, 1.165) is 84.7 Å². The number of aliphatic imine (C=N–C) groups is 1. The van der Waals surface area contributed by atoms with Crippen LogP contribution in [0.15, 0.2) is 65.7 Å². The SMILES string of the molecule is CC[C@H]1C[C@H]([C@@H]2Cc3cc(O)c(CC(C)C)cc3-c3c(OC)cc4c(c32)C[C@@H](O)[C@H](c2ccc(O)c(O[C@@H]3[C@@H]5CCC[C@@H]3C=C[C@H]5CN=C(N)N)c2)O4)C=C[C@H]1CCO. The fraction of sp³-hybridized carbons (Fsp3) is 0.531. The zero-order valence-electron chi connectivity index (χ0n) is 35.0. The van der Waals surface area contributed by atoms with Crippen LogP contribution in [0.4, 0.5) is 0 Å². The number of phenols is 2. The van der Waals surface area contributed by atoms with E-state index in [9.17, 15) is 20.4 Å². The summed E-state index contributed by atoms with van der Waals surface area (Å²) in [6.07, 6.45) is 15.1. The van der Waals surface area contributed by atoms with E-state index in [2.05, 4.69) is 56.1 Å². The molecule has 10 nitrogen and oxygen atoms in total. The van der Waals surface area contributed by atoms with Crippen LogP contribution in [0.5, 0.6) is 28.7 Å². The molecule has 4 aliphatic carbocycles. The van der Waals surface area contributed by atoms with E-state index in [4.69, 9.17) is 25.7 Å². The van der Waals surface area contributed by atoms with E-state index in [1.54, 1.807) is 13.2 Å². The van der Waals surface area contributed by atoms with Crippen LogP contribution in [0.3, 0.4) is 0 Å². The third kappa shape index (κ3) is 8.02. The maximum atomic E-state index is 12.1. The fourth-order valence-corrected chi connectivity index (χ4v) is 11.2. The van der Waals surface area contributed by atoms with Crippen molar-refractivity contribution in [3.05, 3.63) is 88.5 Å². The number of nitrogens with two attached hydrogens (primary N) is 2. The van der Waals surface area contributed by atoms with Gasteiger partial charge in [0.1, 0.15) is 29.5 Å². The van der Waals surface area contributed by atoms with E-state index in [1.165, 1.54) is 0 Å². The summed E-state index contributed by atoms with van der Waals surface area (Å²) in [5.74, 6) is 4.14. The van der Waals surface area contributed by atoms with Crippen LogP contribution >= 0.6 is 0 Å². The summed E-state index contributed by atoms with van der Waals surface area (Å²) in [7, 11) is 1.70. The van der Waals surface area contributed by atoms with Gasteiger partial charge in [0, 0.05) is 54.5 Å². The van der Waals surface area contributed by atoms with Crippen molar-refractivity contribution in [3.63, 3.8) is 0 Å². The summed E-state index contributed by atoms with van der Waals surface area (Å²) in [6, 6.07) is 11.4. The molecule has 10 atom stereocenters. The van der Waals surface area contributed by atoms with Crippen LogP contribution in [0.25, 0.3) is 11.1 Å². The molecule has 0 aromatic heterocycles. The Bertz CT molecular complexity index is 2110. The molecule has 0 radical (unpaired) electrons. The average molecular weight is 806 g/mol. The van der Waals surface area contributed by atoms with Crippen molar-refractivity contribution in [2.75, 3.05) is 20.3 Å². The number of ether oxygens (including phenoxy) is 3. The van der Waals surface area contributed by atoms with Crippen LogP contribution in [0.2, 0.25) is 0 Å². The van der Waals surface area contributed by atoms with E-state index < -0.39 is 12.2 Å². The van der Waals surface area contributed by atoms with Crippen molar-refractivity contribution in [1.82, 2.24) is 0 Å². The Hall–Kier alpha value is -4.67. The number of phenolic OH excluding ortho intramolecular Hbond substituents is 2. The number of aromatic hydroxyl groups is 2. The molecule has 59 heavy (non-hydrogen) atoms. The van der Waals surface area contributed by atoms with Crippen LogP contribution in [-0.4, -0.2) is 58.9 Å². The molecule has 0 unspecified atom stereocenters. The fourth-order valence-electron chi connectivity index (χ4n) is 11.2. The molecular formula is C49H63N3O7. The van der Waals surface area contributed by atoms with Gasteiger partial charge < -0.3 is 46.1 Å². The van der Waals surface area contributed by atoms with Gasteiger partial charge in [-0.3, -0.25) is 4.99 Å². The predicted octanol–water partition coefficient (Wildman–Crippen LogP) is 7.87. The third-order valence-electron chi connectivity index (χ3n) is 14.1. The van der Waals surface area contributed by atoms with Gasteiger partial charge in [0.2, 0.25) is 0 Å². The van der Waals surface area contributed by atoms with Crippen LogP contribution in [0, 0.1) is 41.4 Å². The molecule has 1 fully saturated rings. The maximum Gasteiger partial charge on any atom is 0.185 e. The van der Waals surface area contributed by atoms with Crippen molar-refractivity contribution in [2.24, 2.45) is 57.9 Å². The number of aliphatic hydroxyl groups is 2. The molecule has 8 rings (SSSR count). The Balaban J connectivity index is 1.17. The van der Waals surface area contributed by atoms with E-state index in [1.807, 2.05) is 24.3 Å². The standard InChI is InChI=1S/C49H63N3O7/c1-5-27-18-30(11-9-28(27)15-16-53)36-19-33-21-40(55)34(17-26(2)3)20-37(33)46-44(57-4)24-42-38(45(36)46)23-41(56)48(58-42)31-13-14-39(54)43(22-31)59-47-29-7-6-8-35(47)32(12-10-29)25-52-49(50)51/h9-14,20-22,24,26-30,32,35-36,41,47-48,53-56H,5-8,15-19,23,25H2,1-4H3,(H4,50,51,52)/t27-,28-,29+,30+,32-,35+,36-,41+,47-,48-/m0/s1. The molecule has 1 aliphatic heterocycles. The largest absolute Gasteiger partial charge is 0.508 e. The predicted molar refractivity (Wildman–Crippen MR) is 231 cm³/mol. The number of hydrogen-bond donors (Lipinski definition) is 6. The normalized spacial score (nSPS) is 29.2. The molecule has 2 bridgehead atoms. The number of methoxy groups -OCH3 is 1. The molecule has 8 N–H and O–H groups in total. The first kappa shape index (κ1) is 41.1. The van der Waals surface area contributed by atoms with Gasteiger partial charge in [-0.15, -0.1) is 0 Å². The Labute approximate surface area is 349 Å². The molecule has 0 amide bonds. The lowest BCUT2D eigenvalue weighted by Crippen LogP contribution is -2.44. The van der Waals surface area contributed by atoms with Crippen molar-refractivity contribution < 1.29 is 34.6 Å². The van der Waals surface area contributed by atoms with Crippen LogP contribution < -0.4 is 25.7 Å². The average Bonchev–Trinajstić information content (AvgIpc) is 3.21. The molecule has 316 valence electrons. The van der Waals surface area contributed by atoms with E-state index >= 15 is 0 Å². The second-order valence-electron chi connectivity index (χ2n) is 18.2. The first-order valence-electron chi connectivity index (χ1n) is 21.9. The lowest BCUT2D eigenvalue weighted by Gasteiger charge is -2.43. The summed E-state index contributed by atoms with van der Waals surface area (Å²) < 4.78 is 19.8. The number of allylic oxidation sites excluding steroid dienone is 2. The molecule has 1 saturated carbocycles. The van der Waals surface area contributed by atoms with Gasteiger partial charge in [0.05, 0.1) is 13.2 Å². The summed E-state index contributed by atoms with van der Waals surface area (Å²) in [6.45, 7) is 7.22. The zero-order chi connectivity index (χ0) is 41.5. The number of nitrogens with zero attached hydrogens (tertiary/aromatic N) is 1. The van der Waals surface area contributed by atoms with Gasteiger partial charge in [-0.1, -0.05) is 64.0 Å². The topological polar surface area (TPSA) is 173 Å². The zero-order valence-corrected chi connectivity index (χ0v) is 35.0. The summed E-state index contributed by atoms with van der Waals surface area (Å²) >= 11 is 0. The minimum absolute atomic E-state index is 0.0418. The third-order valence-corrected chi connectivity index (χ3v) is 14.1. The number of guanidine groups is 1. The van der Waals surface area contributed by atoms with Gasteiger partial charge >= 0.3 is 0 Å². The second-order valence-corrected chi connectivity index (χ2v) is 18.2. The van der Waals surface area contributed by atoms with Crippen molar-refractivity contribution in [1.29, 1.82) is 0 Å². The summed E-state index contributed by atoms with van der Waals surface area (Å²) in [5.41, 5.74) is 18.3. The van der Waals surface area contributed by atoms with Crippen molar-refractivity contribution in [3.8, 4) is 39.9 Å². The first-order valence-corrected chi connectivity index (χ1v) is 21.9. The van der Waals surface area contributed by atoms with Gasteiger partial charge in [0.25, 0.3) is 0 Å². The highest BCUT2D eigenvalue weighted by atomic mass is 16.5. The molecule has 1 heterocycles. The highest BCUT2D eigenvalue weighted by Gasteiger charge is 2.43. The summed E-state index contributed by atoms with van der Waals surface area (Å²) in [4.78, 5) is 4.31. The van der Waals surface area contributed by atoms with Crippen molar-refractivity contribution >= 4 is 5.96 Å². The monoisotopic (exact) mass is 805 g/mol. The lowest BCUT2D eigenvalue weighted by molar-refractivity contribution is 0.0180. The number of rotatable bonds is 12. The van der Waals surface area contributed by atoms with Crippen LogP contribution in [-0.2, 0) is 19.3 Å². The van der Waals surface area contributed by atoms with Gasteiger partial charge in [-0.05, 0) is 120 Å². The van der Waals surface area contributed by atoms with Gasteiger partial charge in [0.15, 0.2) is 17.5 Å². The molecule has 0 spiro atoms. The van der Waals surface area contributed by atoms with Crippen LogP contribution in [0.1, 0.15) is 99.1 Å². The maximum absolute atomic E-state index is 12.1. The highest BCUT2D eigenvalue weighted by Crippen LogP contribution is 2.56.